The lowest BCUT2D eigenvalue weighted by atomic mass is 9.93. The Morgan fingerprint density at radius 3 is 3.00 bits per heavy atom. The number of nitrogens with zero attached hydrogens (tertiary/aromatic N) is 2. The molecule has 6 nitrogen and oxygen atoms in total. The molecule has 1 aliphatic carbocycles. The first-order valence-corrected chi connectivity index (χ1v) is 10.5. The number of thiazole rings is 1. The molecule has 0 saturated heterocycles. The molecule has 2 atom stereocenters. The summed E-state index contributed by atoms with van der Waals surface area (Å²) in [5, 5.41) is 14.4. The molecule has 0 unspecified atom stereocenters. The first-order valence-electron chi connectivity index (χ1n) is 9.64. The van der Waals surface area contributed by atoms with Crippen LogP contribution in [0.15, 0.2) is 36.7 Å². The van der Waals surface area contributed by atoms with Crippen LogP contribution in [0.25, 0.3) is 10.2 Å². The summed E-state index contributed by atoms with van der Waals surface area (Å²) in [6, 6.07) is 7.45. The van der Waals surface area contributed by atoms with Crippen molar-refractivity contribution in [3.8, 4) is 11.5 Å². The summed E-state index contributed by atoms with van der Waals surface area (Å²) in [4.78, 5) is 20.8. The van der Waals surface area contributed by atoms with Crippen molar-refractivity contribution in [2.24, 2.45) is 0 Å². The van der Waals surface area contributed by atoms with E-state index in [9.17, 15) is 9.90 Å². The number of Topliss-reactive ketones (excluding diaryl/α,β-unsaturated/α-hetero) is 1. The van der Waals surface area contributed by atoms with Crippen LogP contribution in [0.5, 0.6) is 11.5 Å². The quantitative estimate of drug-likeness (QED) is 0.582. The number of ketones is 1. The highest BCUT2D eigenvalue weighted by Gasteiger charge is 2.23. The molecule has 0 amide bonds. The number of carbonyl (C=O) groups excluding carboxylic acids is 1. The molecule has 28 heavy (non-hydrogen) atoms. The van der Waals surface area contributed by atoms with Gasteiger partial charge in [0, 0.05) is 24.9 Å². The SMILES string of the molecule is CCC(=O)c1cnccc1Oc1ccc2nc(N[C@@H]3CCCC[C@H]3O)sc2c1. The van der Waals surface area contributed by atoms with Gasteiger partial charge in [-0.1, -0.05) is 31.1 Å². The molecule has 146 valence electrons. The number of pyridine rings is 1. The van der Waals surface area contributed by atoms with Crippen molar-refractivity contribution in [3.05, 3.63) is 42.2 Å². The van der Waals surface area contributed by atoms with Crippen molar-refractivity contribution in [1.29, 1.82) is 0 Å². The summed E-state index contributed by atoms with van der Waals surface area (Å²) in [5.74, 6) is 1.16. The number of aromatic nitrogens is 2. The Balaban J connectivity index is 1.55. The third-order valence-corrected chi connectivity index (χ3v) is 5.98. The van der Waals surface area contributed by atoms with Gasteiger partial charge in [-0.15, -0.1) is 0 Å². The molecule has 1 fully saturated rings. The average molecular weight is 398 g/mol. The highest BCUT2D eigenvalue weighted by atomic mass is 32.1. The predicted molar refractivity (Wildman–Crippen MR) is 110 cm³/mol. The van der Waals surface area contributed by atoms with Crippen LogP contribution in [0.1, 0.15) is 49.4 Å². The van der Waals surface area contributed by atoms with E-state index in [0.29, 0.717) is 23.5 Å². The maximum absolute atomic E-state index is 12.1. The van der Waals surface area contributed by atoms with E-state index in [2.05, 4.69) is 15.3 Å². The van der Waals surface area contributed by atoms with Gasteiger partial charge in [-0.3, -0.25) is 9.78 Å². The van der Waals surface area contributed by atoms with E-state index in [0.717, 1.165) is 41.0 Å². The number of carbonyl (C=O) groups is 1. The zero-order chi connectivity index (χ0) is 19.5. The van der Waals surface area contributed by atoms with Gasteiger partial charge in [0.15, 0.2) is 10.9 Å². The van der Waals surface area contributed by atoms with Crippen LogP contribution in [0, 0.1) is 0 Å². The van der Waals surface area contributed by atoms with Crippen LogP contribution >= 0.6 is 11.3 Å². The highest BCUT2D eigenvalue weighted by Crippen LogP contribution is 2.33. The van der Waals surface area contributed by atoms with Crippen LogP contribution in [-0.2, 0) is 0 Å². The lowest BCUT2D eigenvalue weighted by Gasteiger charge is -2.27. The molecule has 0 spiro atoms. The van der Waals surface area contributed by atoms with E-state index < -0.39 is 0 Å². The molecule has 0 aliphatic heterocycles. The summed E-state index contributed by atoms with van der Waals surface area (Å²) in [6.07, 6.45) is 7.25. The zero-order valence-electron chi connectivity index (χ0n) is 15.7. The van der Waals surface area contributed by atoms with Gasteiger partial charge in [-0.2, -0.15) is 0 Å². The fourth-order valence-electron chi connectivity index (χ4n) is 3.47. The minimum atomic E-state index is -0.319. The number of rotatable bonds is 6. The number of aliphatic hydroxyl groups is 1. The van der Waals surface area contributed by atoms with Crippen LogP contribution in [0.2, 0.25) is 0 Å². The van der Waals surface area contributed by atoms with Crippen molar-refractivity contribution in [2.45, 2.75) is 51.2 Å². The summed E-state index contributed by atoms with van der Waals surface area (Å²) < 4.78 is 6.96. The van der Waals surface area contributed by atoms with Gasteiger partial charge in [-0.05, 0) is 31.0 Å². The second kappa shape index (κ2) is 8.24. The number of nitrogens with one attached hydrogen (secondary N) is 1. The average Bonchev–Trinajstić information content (AvgIpc) is 3.11. The molecule has 1 aromatic carbocycles. The van der Waals surface area contributed by atoms with Crippen molar-refractivity contribution < 1.29 is 14.6 Å². The number of benzene rings is 1. The van der Waals surface area contributed by atoms with Crippen LogP contribution in [0.3, 0.4) is 0 Å². The fourth-order valence-corrected chi connectivity index (χ4v) is 4.42. The molecule has 0 bridgehead atoms. The largest absolute Gasteiger partial charge is 0.456 e. The van der Waals surface area contributed by atoms with Gasteiger partial charge in [0.05, 0.1) is 27.9 Å². The lowest BCUT2D eigenvalue weighted by molar-refractivity contribution is 0.0985. The predicted octanol–water partition coefficient (Wildman–Crippen LogP) is 4.79. The lowest BCUT2D eigenvalue weighted by Crippen LogP contribution is -2.36. The Morgan fingerprint density at radius 1 is 1.32 bits per heavy atom. The Labute approximate surface area is 167 Å². The minimum absolute atomic E-state index is 0.000468. The van der Waals surface area contributed by atoms with Gasteiger partial charge >= 0.3 is 0 Å². The van der Waals surface area contributed by atoms with E-state index in [1.54, 1.807) is 29.8 Å². The topological polar surface area (TPSA) is 84.3 Å². The monoisotopic (exact) mass is 397 g/mol. The summed E-state index contributed by atoms with van der Waals surface area (Å²) in [7, 11) is 0. The van der Waals surface area contributed by atoms with Crippen LogP contribution in [0.4, 0.5) is 5.13 Å². The van der Waals surface area contributed by atoms with Gasteiger partial charge in [0.25, 0.3) is 0 Å². The molecule has 0 radical (unpaired) electrons. The maximum Gasteiger partial charge on any atom is 0.184 e. The van der Waals surface area contributed by atoms with Crippen LogP contribution < -0.4 is 10.1 Å². The number of aliphatic hydroxyl groups excluding tert-OH is 1. The Hall–Kier alpha value is -2.51. The Kier molecular flexibility index (Phi) is 5.54. The summed E-state index contributed by atoms with van der Waals surface area (Å²) >= 11 is 1.54. The first kappa shape index (κ1) is 18.8. The molecular formula is C21H23N3O3S. The van der Waals surface area contributed by atoms with E-state index in [4.69, 9.17) is 4.74 Å². The first-order chi connectivity index (χ1) is 13.6. The smallest absolute Gasteiger partial charge is 0.184 e. The third kappa shape index (κ3) is 4.00. The number of hydrogen-bond acceptors (Lipinski definition) is 7. The number of hydrogen-bond donors (Lipinski definition) is 2. The van der Waals surface area contributed by atoms with E-state index in [1.165, 1.54) is 0 Å². The maximum atomic E-state index is 12.1. The molecule has 1 saturated carbocycles. The van der Waals surface area contributed by atoms with E-state index >= 15 is 0 Å². The third-order valence-electron chi connectivity index (χ3n) is 5.03. The van der Waals surface area contributed by atoms with Crippen LogP contribution in [-0.4, -0.2) is 33.0 Å². The molecule has 2 aromatic heterocycles. The van der Waals surface area contributed by atoms with Gasteiger partial charge in [0.2, 0.25) is 0 Å². The number of fused-ring (bicyclic) bond motifs is 1. The molecule has 2 heterocycles. The number of ether oxygens (including phenoxy) is 1. The minimum Gasteiger partial charge on any atom is -0.456 e. The molecule has 2 N–H and O–H groups in total. The molecule has 1 aliphatic rings. The highest BCUT2D eigenvalue weighted by molar-refractivity contribution is 7.22. The summed E-state index contributed by atoms with van der Waals surface area (Å²) in [6.45, 7) is 1.82. The molecule has 7 heteroatoms. The van der Waals surface area contributed by atoms with E-state index in [-0.39, 0.29) is 17.9 Å². The standard InChI is InChI=1S/C21H23N3O3S/c1-2-17(25)14-12-22-10-9-19(14)27-13-7-8-16-20(11-13)28-21(24-16)23-15-5-3-4-6-18(15)26/h7-12,15,18,26H,2-6H2,1H3,(H,23,24)/t15-,18-/m1/s1. The fraction of sp³-hybridized carbons (Fsp3) is 0.381. The Morgan fingerprint density at radius 2 is 2.18 bits per heavy atom. The van der Waals surface area contributed by atoms with Gasteiger partial charge in [-0.25, -0.2) is 4.98 Å². The van der Waals surface area contributed by atoms with Crippen molar-refractivity contribution in [2.75, 3.05) is 5.32 Å². The molecule has 4 rings (SSSR count). The van der Waals surface area contributed by atoms with Crippen molar-refractivity contribution >= 4 is 32.5 Å². The second-order valence-electron chi connectivity index (χ2n) is 7.00. The van der Waals surface area contributed by atoms with E-state index in [1.807, 2.05) is 25.1 Å². The second-order valence-corrected chi connectivity index (χ2v) is 8.03. The number of anilines is 1. The van der Waals surface area contributed by atoms with Gasteiger partial charge in [0.1, 0.15) is 11.5 Å². The van der Waals surface area contributed by atoms with Crippen molar-refractivity contribution in [1.82, 2.24) is 9.97 Å². The van der Waals surface area contributed by atoms with Crippen molar-refractivity contribution in [3.63, 3.8) is 0 Å². The zero-order valence-corrected chi connectivity index (χ0v) is 16.5. The molecule has 3 aromatic rings. The molecular weight excluding hydrogens is 374 g/mol. The van der Waals surface area contributed by atoms with Gasteiger partial charge < -0.3 is 15.2 Å². The Bertz CT molecular complexity index is 988. The normalized spacial score (nSPS) is 19.5. The summed E-state index contributed by atoms with van der Waals surface area (Å²) in [5.41, 5.74) is 1.37.